The Labute approximate surface area is 99.1 Å². The summed E-state index contributed by atoms with van der Waals surface area (Å²) in [4.78, 5) is 13.8. The molecule has 0 amide bonds. The molecule has 1 rings (SSSR count). The van der Waals surface area contributed by atoms with E-state index in [0.29, 0.717) is 6.61 Å². The Kier molecular flexibility index (Phi) is 4.78. The molecule has 0 aliphatic carbocycles. The second-order valence-corrected chi connectivity index (χ2v) is 5.57. The normalized spacial score (nSPS) is 24.2. The largest absolute Gasteiger partial charge is 0.464 e. The quantitative estimate of drug-likeness (QED) is 0.397. The highest BCUT2D eigenvalue weighted by Gasteiger charge is 2.47. The lowest BCUT2D eigenvalue weighted by molar-refractivity contribution is -0.144. The van der Waals surface area contributed by atoms with Crippen LogP contribution in [0, 0.1) is 0 Å². The maximum Gasteiger partial charge on any atom is 0.324 e. The topological polar surface area (TPSA) is 29.3 Å². The number of carbonyl (C=O) groups is 1. The summed E-state index contributed by atoms with van der Waals surface area (Å²) in [5.74, 6) is -0.0357. The van der Waals surface area contributed by atoms with Crippen LogP contribution in [0.2, 0.25) is 0 Å². The highest BCUT2D eigenvalue weighted by atomic mass is 16.5. The van der Waals surface area contributed by atoms with Crippen LogP contribution in [-0.4, -0.2) is 35.6 Å². The number of carbonyl (C=O) groups excluding carboxylic acids is 1. The van der Waals surface area contributed by atoms with Gasteiger partial charge in [0.25, 0.3) is 0 Å². The third-order valence-electron chi connectivity index (χ3n) is 2.99. The zero-order chi connectivity index (χ0) is 12.2. The van der Waals surface area contributed by atoms with E-state index in [1.807, 2.05) is 0 Å². The summed E-state index contributed by atoms with van der Waals surface area (Å²) in [5.41, 5.74) is 0.0892. The molecule has 0 aromatic heterocycles. The van der Waals surface area contributed by atoms with Crippen LogP contribution in [0.15, 0.2) is 0 Å². The fourth-order valence-electron chi connectivity index (χ4n) is 1.88. The van der Waals surface area contributed by atoms with Crippen molar-refractivity contribution in [2.75, 3.05) is 13.2 Å². The smallest absolute Gasteiger partial charge is 0.324 e. The molecule has 0 aromatic carbocycles. The van der Waals surface area contributed by atoms with E-state index in [0.717, 1.165) is 19.4 Å². The first-order chi connectivity index (χ1) is 7.46. The Morgan fingerprint density at radius 2 is 2.00 bits per heavy atom. The SMILES string of the molecule is CCCCCCOC(=O)C1CN1C(C)(C)C. The number of esters is 1. The second kappa shape index (κ2) is 5.67. The monoisotopic (exact) mass is 227 g/mol. The van der Waals surface area contributed by atoms with E-state index < -0.39 is 0 Å². The van der Waals surface area contributed by atoms with Gasteiger partial charge in [-0.15, -0.1) is 0 Å². The summed E-state index contributed by atoms with van der Waals surface area (Å²) in [5, 5.41) is 0. The third kappa shape index (κ3) is 4.12. The Morgan fingerprint density at radius 3 is 2.50 bits per heavy atom. The summed E-state index contributed by atoms with van der Waals surface area (Å²) >= 11 is 0. The molecule has 3 nitrogen and oxygen atoms in total. The van der Waals surface area contributed by atoms with Crippen LogP contribution in [0.5, 0.6) is 0 Å². The van der Waals surface area contributed by atoms with Gasteiger partial charge in [0.05, 0.1) is 6.61 Å². The van der Waals surface area contributed by atoms with E-state index in [-0.39, 0.29) is 17.6 Å². The van der Waals surface area contributed by atoms with Crippen molar-refractivity contribution in [1.82, 2.24) is 4.90 Å². The van der Waals surface area contributed by atoms with Crippen molar-refractivity contribution in [3.8, 4) is 0 Å². The van der Waals surface area contributed by atoms with Crippen LogP contribution in [-0.2, 0) is 9.53 Å². The Balaban J connectivity index is 2.09. The summed E-state index contributed by atoms with van der Waals surface area (Å²) in [6.07, 6.45) is 4.61. The van der Waals surface area contributed by atoms with Gasteiger partial charge in [0, 0.05) is 12.1 Å². The molecule has 3 heteroatoms. The van der Waals surface area contributed by atoms with Crippen LogP contribution in [0.1, 0.15) is 53.4 Å². The maximum atomic E-state index is 11.6. The predicted octanol–water partition coefficient (Wildman–Crippen LogP) is 2.59. The molecule has 0 bridgehead atoms. The van der Waals surface area contributed by atoms with Gasteiger partial charge >= 0.3 is 5.97 Å². The third-order valence-corrected chi connectivity index (χ3v) is 2.99. The van der Waals surface area contributed by atoms with Crippen molar-refractivity contribution >= 4 is 5.97 Å². The van der Waals surface area contributed by atoms with Crippen LogP contribution >= 0.6 is 0 Å². The van der Waals surface area contributed by atoms with Crippen molar-refractivity contribution < 1.29 is 9.53 Å². The van der Waals surface area contributed by atoms with Crippen LogP contribution in [0.3, 0.4) is 0 Å². The van der Waals surface area contributed by atoms with E-state index in [9.17, 15) is 4.79 Å². The van der Waals surface area contributed by atoms with Gasteiger partial charge in [0.2, 0.25) is 0 Å². The zero-order valence-electron chi connectivity index (χ0n) is 11.1. The minimum absolute atomic E-state index is 0.0196. The van der Waals surface area contributed by atoms with Crippen LogP contribution in [0.4, 0.5) is 0 Å². The number of hydrogen-bond acceptors (Lipinski definition) is 3. The zero-order valence-corrected chi connectivity index (χ0v) is 11.1. The molecule has 16 heavy (non-hydrogen) atoms. The van der Waals surface area contributed by atoms with E-state index in [2.05, 4.69) is 32.6 Å². The minimum atomic E-state index is -0.0357. The molecule has 1 aliphatic heterocycles. The van der Waals surface area contributed by atoms with E-state index >= 15 is 0 Å². The van der Waals surface area contributed by atoms with Crippen molar-refractivity contribution in [3.05, 3.63) is 0 Å². The first-order valence-electron chi connectivity index (χ1n) is 6.40. The number of rotatable bonds is 6. The Hall–Kier alpha value is -0.570. The van der Waals surface area contributed by atoms with Gasteiger partial charge < -0.3 is 4.74 Å². The van der Waals surface area contributed by atoms with Gasteiger partial charge in [0.15, 0.2) is 0 Å². The number of ether oxygens (including phenoxy) is 1. The average molecular weight is 227 g/mol. The highest BCUT2D eigenvalue weighted by Crippen LogP contribution is 2.29. The molecule has 94 valence electrons. The van der Waals surface area contributed by atoms with Crippen molar-refractivity contribution in [2.24, 2.45) is 0 Å². The molecule has 0 aromatic rings. The van der Waals surface area contributed by atoms with Gasteiger partial charge in [-0.3, -0.25) is 9.69 Å². The average Bonchev–Trinajstić information content (AvgIpc) is 2.95. The van der Waals surface area contributed by atoms with Gasteiger partial charge in [-0.2, -0.15) is 0 Å². The van der Waals surface area contributed by atoms with E-state index in [1.54, 1.807) is 0 Å². The van der Waals surface area contributed by atoms with Crippen LogP contribution in [0.25, 0.3) is 0 Å². The maximum absolute atomic E-state index is 11.6. The lowest BCUT2D eigenvalue weighted by Crippen LogP contribution is -2.30. The van der Waals surface area contributed by atoms with E-state index in [4.69, 9.17) is 4.74 Å². The molecule has 0 spiro atoms. The molecular formula is C13H25NO2. The molecular weight excluding hydrogens is 202 g/mol. The summed E-state index contributed by atoms with van der Waals surface area (Å²) in [7, 11) is 0. The molecule has 0 radical (unpaired) electrons. The van der Waals surface area contributed by atoms with Gasteiger partial charge in [-0.05, 0) is 27.2 Å². The molecule has 2 atom stereocenters. The predicted molar refractivity (Wildman–Crippen MR) is 65.3 cm³/mol. The Morgan fingerprint density at radius 1 is 1.31 bits per heavy atom. The van der Waals surface area contributed by atoms with Crippen LogP contribution < -0.4 is 0 Å². The lowest BCUT2D eigenvalue weighted by Gasteiger charge is -2.20. The highest BCUT2D eigenvalue weighted by molar-refractivity contribution is 5.79. The van der Waals surface area contributed by atoms with E-state index in [1.165, 1.54) is 12.8 Å². The number of unbranched alkanes of at least 4 members (excludes halogenated alkanes) is 3. The van der Waals surface area contributed by atoms with Gasteiger partial charge in [-0.25, -0.2) is 0 Å². The number of nitrogens with zero attached hydrogens (tertiary/aromatic N) is 1. The minimum Gasteiger partial charge on any atom is -0.464 e. The number of hydrogen-bond donors (Lipinski definition) is 0. The van der Waals surface area contributed by atoms with Gasteiger partial charge in [-0.1, -0.05) is 26.2 Å². The Bertz CT molecular complexity index is 233. The molecule has 1 heterocycles. The summed E-state index contributed by atoms with van der Waals surface area (Å²) in [6, 6.07) is 0.0196. The standard InChI is InChI=1S/C13H25NO2/c1-5-6-7-8-9-16-12(15)11-10-14(11)13(2,3)4/h11H,5-10H2,1-4H3. The van der Waals surface area contributed by atoms with Crippen molar-refractivity contribution in [1.29, 1.82) is 0 Å². The van der Waals surface area contributed by atoms with Crippen molar-refractivity contribution in [3.63, 3.8) is 0 Å². The molecule has 2 unspecified atom stereocenters. The fraction of sp³-hybridized carbons (Fsp3) is 0.923. The molecule has 1 saturated heterocycles. The summed E-state index contributed by atoms with van der Waals surface area (Å²) < 4.78 is 5.26. The van der Waals surface area contributed by atoms with Gasteiger partial charge in [0.1, 0.15) is 6.04 Å². The molecule has 0 saturated carbocycles. The first kappa shape index (κ1) is 13.5. The second-order valence-electron chi connectivity index (χ2n) is 5.57. The molecule has 0 N–H and O–H groups in total. The fourth-order valence-corrected chi connectivity index (χ4v) is 1.88. The molecule has 1 aliphatic rings. The summed E-state index contributed by atoms with van der Waals surface area (Å²) in [6.45, 7) is 10.0. The van der Waals surface area contributed by atoms with Crippen molar-refractivity contribution in [2.45, 2.75) is 65.0 Å². The first-order valence-corrected chi connectivity index (χ1v) is 6.40. The lowest BCUT2D eigenvalue weighted by atomic mass is 10.1. The molecule has 1 fully saturated rings.